The van der Waals surface area contributed by atoms with E-state index >= 15 is 0 Å². The van der Waals surface area contributed by atoms with Crippen LogP contribution in [0.3, 0.4) is 0 Å². The summed E-state index contributed by atoms with van der Waals surface area (Å²) in [6.07, 6.45) is 5.54. The number of hydrogen-bond donors (Lipinski definition) is 3. The smallest absolute Gasteiger partial charge is 0.274 e. The molecule has 34 heavy (non-hydrogen) atoms. The summed E-state index contributed by atoms with van der Waals surface area (Å²) in [5.74, 6) is 0.206. The molecule has 5 aliphatic carbocycles. The first-order chi connectivity index (χ1) is 16.1. The van der Waals surface area contributed by atoms with E-state index in [1.807, 2.05) is 0 Å². The largest absolute Gasteiger partial charge is 0.369 e. The highest BCUT2D eigenvalue weighted by Gasteiger charge is 2.60. The Kier molecular flexibility index (Phi) is 5.47. The number of nitrogens with one attached hydrogen (secondary N) is 1. The minimum atomic E-state index is -2.56. The SMILES string of the molecule is Cc1ccc(N(S(=O)O)C2(C(=O)NC3C4CC5CC3CC(C(N)=O)(C5)C4)CCC2)cc1[N+](=O)[O-]. The number of hydrogen-bond acceptors (Lipinski definition) is 5. The molecule has 3 unspecified atom stereocenters. The van der Waals surface area contributed by atoms with Gasteiger partial charge in [-0.05, 0) is 82.1 Å². The summed E-state index contributed by atoms with van der Waals surface area (Å²) in [5, 5.41) is 14.7. The zero-order chi connectivity index (χ0) is 24.4. The Morgan fingerprint density at radius 3 is 2.38 bits per heavy atom. The average molecular weight is 491 g/mol. The number of primary amides is 1. The van der Waals surface area contributed by atoms with Crippen LogP contribution in [0.5, 0.6) is 0 Å². The molecule has 0 aliphatic heterocycles. The van der Waals surface area contributed by atoms with Gasteiger partial charge in [0.25, 0.3) is 17.0 Å². The van der Waals surface area contributed by atoms with E-state index in [4.69, 9.17) is 5.73 Å². The van der Waals surface area contributed by atoms with Crippen LogP contribution in [0.2, 0.25) is 0 Å². The second kappa shape index (κ2) is 8.01. The highest BCUT2D eigenvalue weighted by atomic mass is 32.2. The number of nitro groups is 1. The minimum Gasteiger partial charge on any atom is -0.369 e. The fourth-order valence-corrected chi connectivity index (χ4v) is 8.15. The van der Waals surface area contributed by atoms with Crippen molar-refractivity contribution in [1.29, 1.82) is 0 Å². The molecule has 3 atom stereocenters. The lowest BCUT2D eigenvalue weighted by Gasteiger charge is -2.59. The predicted molar refractivity (Wildman–Crippen MR) is 125 cm³/mol. The molecular weight excluding hydrogens is 460 g/mol. The fraction of sp³-hybridized carbons (Fsp3) is 0.652. The number of carbonyl (C=O) groups excluding carboxylic acids is 2. The van der Waals surface area contributed by atoms with Crippen LogP contribution in [-0.2, 0) is 20.9 Å². The monoisotopic (exact) mass is 490 g/mol. The van der Waals surface area contributed by atoms with E-state index < -0.39 is 27.1 Å². The molecule has 4 N–H and O–H groups in total. The van der Waals surface area contributed by atoms with Crippen LogP contribution < -0.4 is 15.4 Å². The number of rotatable bonds is 7. The van der Waals surface area contributed by atoms with Crippen molar-refractivity contribution in [2.75, 3.05) is 4.31 Å². The van der Waals surface area contributed by atoms with Crippen LogP contribution in [0.1, 0.15) is 56.9 Å². The second-order valence-electron chi connectivity index (χ2n) is 10.8. The van der Waals surface area contributed by atoms with Crippen LogP contribution in [0.25, 0.3) is 0 Å². The summed E-state index contributed by atoms with van der Waals surface area (Å²) in [5.41, 5.74) is 4.50. The average Bonchev–Trinajstić information content (AvgIpc) is 2.72. The number of nitrogens with two attached hydrogens (primary N) is 1. The maximum Gasteiger partial charge on any atom is 0.274 e. The van der Waals surface area contributed by atoms with Crippen LogP contribution in [0.15, 0.2) is 18.2 Å². The molecule has 0 saturated heterocycles. The van der Waals surface area contributed by atoms with Crippen LogP contribution in [0, 0.1) is 40.2 Å². The van der Waals surface area contributed by atoms with E-state index in [2.05, 4.69) is 5.32 Å². The molecule has 6 rings (SSSR count). The molecule has 4 bridgehead atoms. The Morgan fingerprint density at radius 1 is 1.24 bits per heavy atom. The molecule has 11 heteroatoms. The Hall–Kier alpha value is -2.53. The van der Waals surface area contributed by atoms with Gasteiger partial charge < -0.3 is 11.1 Å². The van der Waals surface area contributed by atoms with Crippen molar-refractivity contribution in [3.05, 3.63) is 33.9 Å². The third-order valence-electron chi connectivity index (χ3n) is 8.87. The van der Waals surface area contributed by atoms with Crippen LogP contribution in [-0.4, -0.2) is 37.1 Å². The van der Waals surface area contributed by atoms with Crippen molar-refractivity contribution < 1.29 is 23.3 Å². The minimum absolute atomic E-state index is 0.102. The van der Waals surface area contributed by atoms with Gasteiger partial charge in [0.05, 0.1) is 10.6 Å². The maximum absolute atomic E-state index is 13.7. The lowest BCUT2D eigenvalue weighted by Crippen LogP contribution is -2.68. The molecule has 0 aromatic heterocycles. The first-order valence-electron chi connectivity index (χ1n) is 11.8. The Labute approximate surface area is 200 Å². The molecule has 0 radical (unpaired) electrons. The Balaban J connectivity index is 1.43. The Bertz CT molecular complexity index is 1070. The van der Waals surface area contributed by atoms with Crippen molar-refractivity contribution in [2.45, 2.75) is 69.9 Å². The van der Waals surface area contributed by atoms with Crippen molar-refractivity contribution in [3.63, 3.8) is 0 Å². The molecule has 5 fully saturated rings. The van der Waals surface area contributed by atoms with E-state index in [1.54, 1.807) is 13.0 Å². The molecule has 5 aliphatic rings. The van der Waals surface area contributed by atoms with Crippen molar-refractivity contribution in [2.24, 2.45) is 28.9 Å². The van der Waals surface area contributed by atoms with E-state index in [0.717, 1.165) is 23.6 Å². The third kappa shape index (κ3) is 3.43. The van der Waals surface area contributed by atoms with Gasteiger partial charge in [0.1, 0.15) is 5.54 Å². The Morgan fingerprint density at radius 2 is 1.88 bits per heavy atom. The quantitative estimate of drug-likeness (QED) is 0.303. The molecule has 1 aromatic rings. The number of carbonyl (C=O) groups is 2. The normalized spacial score (nSPS) is 33.6. The number of aryl methyl sites for hydroxylation is 1. The van der Waals surface area contributed by atoms with Crippen molar-refractivity contribution in [3.8, 4) is 0 Å². The summed E-state index contributed by atoms with van der Waals surface area (Å²) < 4.78 is 23.8. The lowest BCUT2D eigenvalue weighted by molar-refractivity contribution is -0.385. The highest BCUT2D eigenvalue weighted by molar-refractivity contribution is 7.80. The fourth-order valence-electron chi connectivity index (χ4n) is 7.29. The van der Waals surface area contributed by atoms with Gasteiger partial charge in [-0.15, -0.1) is 0 Å². The molecule has 0 spiro atoms. The van der Waals surface area contributed by atoms with E-state index in [0.29, 0.717) is 43.6 Å². The van der Waals surface area contributed by atoms with E-state index in [9.17, 15) is 28.5 Å². The van der Waals surface area contributed by atoms with Gasteiger partial charge in [-0.2, -0.15) is 0 Å². The summed E-state index contributed by atoms with van der Waals surface area (Å²) in [7, 11) is 0. The summed E-state index contributed by atoms with van der Waals surface area (Å²) in [6, 6.07) is 4.23. The highest BCUT2D eigenvalue weighted by Crippen LogP contribution is 2.60. The topological polar surface area (TPSA) is 156 Å². The van der Waals surface area contributed by atoms with Gasteiger partial charge in [0.15, 0.2) is 0 Å². The van der Waals surface area contributed by atoms with Gasteiger partial charge in [0, 0.05) is 23.1 Å². The van der Waals surface area contributed by atoms with Crippen LogP contribution >= 0.6 is 0 Å². The molecule has 0 heterocycles. The standard InChI is InChI=1S/C23H30N4O6S/c1-13-3-4-17(9-18(13)27(30)31)26(34(32)33)23(5-2-6-23)21(29)25-19-15-7-14-8-16(19)12-22(10-14,11-15)20(24)28/h3-4,9,14-16,19H,2,5-8,10-12H2,1H3,(H2,24,28)(H,25,29)(H,32,33). The summed E-state index contributed by atoms with van der Waals surface area (Å²) in [6.45, 7) is 1.60. The number of amides is 2. The van der Waals surface area contributed by atoms with Crippen LogP contribution in [0.4, 0.5) is 11.4 Å². The van der Waals surface area contributed by atoms with Crippen molar-refractivity contribution >= 4 is 34.5 Å². The molecule has 10 nitrogen and oxygen atoms in total. The predicted octanol–water partition coefficient (Wildman–Crippen LogP) is 2.57. The van der Waals surface area contributed by atoms with E-state index in [1.165, 1.54) is 12.1 Å². The first kappa shape index (κ1) is 23.2. The molecular formula is C23H30N4O6S. The first-order valence-corrected chi connectivity index (χ1v) is 12.9. The lowest BCUT2D eigenvalue weighted by atomic mass is 9.47. The van der Waals surface area contributed by atoms with Gasteiger partial charge >= 0.3 is 0 Å². The van der Waals surface area contributed by atoms with Gasteiger partial charge in [-0.25, -0.2) is 4.21 Å². The van der Waals surface area contributed by atoms with Gasteiger partial charge in [-0.1, -0.05) is 6.07 Å². The third-order valence-corrected chi connectivity index (χ3v) is 9.74. The molecule has 184 valence electrons. The zero-order valence-electron chi connectivity index (χ0n) is 19.1. The van der Waals surface area contributed by atoms with Gasteiger partial charge in [0.2, 0.25) is 11.8 Å². The number of nitrogens with zero attached hydrogens (tertiary/aromatic N) is 2. The number of benzene rings is 1. The molecule has 2 amide bonds. The maximum atomic E-state index is 13.7. The van der Waals surface area contributed by atoms with Gasteiger partial charge in [-0.3, -0.25) is 28.6 Å². The summed E-state index contributed by atoms with van der Waals surface area (Å²) >= 11 is -2.56. The number of anilines is 1. The second-order valence-corrected chi connectivity index (χ2v) is 11.6. The van der Waals surface area contributed by atoms with E-state index in [-0.39, 0.29) is 41.1 Å². The van der Waals surface area contributed by atoms with Crippen molar-refractivity contribution in [1.82, 2.24) is 5.32 Å². The molecule has 1 aromatic carbocycles. The number of nitro benzene ring substituents is 1. The summed E-state index contributed by atoms with van der Waals surface area (Å²) in [4.78, 5) is 36.9. The zero-order valence-corrected chi connectivity index (χ0v) is 19.9. The molecule has 5 saturated carbocycles.